The zero-order valence-corrected chi connectivity index (χ0v) is 41.1. The number of unbranched alkanes of at least 4 members (excludes halogenated alkanes) is 29. The van der Waals surface area contributed by atoms with E-state index < -0.39 is 20.0 Å². The summed E-state index contributed by atoms with van der Waals surface area (Å²) in [4.78, 5) is 23.2. The fraction of sp³-hybridized carbons (Fsp3) is 0.863. The minimum Gasteiger partial charge on any atom is -0.387 e. The summed E-state index contributed by atoms with van der Waals surface area (Å²) in [5.74, 6) is -0.194. The largest absolute Gasteiger partial charge is 0.472 e. The van der Waals surface area contributed by atoms with E-state index in [4.69, 9.17) is 9.05 Å². The number of quaternary nitrogens is 1. The van der Waals surface area contributed by atoms with Crippen LogP contribution in [0.1, 0.15) is 232 Å². The number of allylic oxidation sites excluding steroid dienone is 5. The van der Waals surface area contributed by atoms with Crippen molar-refractivity contribution in [3.8, 4) is 0 Å². The Hall–Kier alpha value is -1.28. The molecule has 3 N–H and O–H groups in total. The summed E-state index contributed by atoms with van der Waals surface area (Å²) in [6.45, 7) is 4.80. The molecule has 0 fully saturated rings. The minimum absolute atomic E-state index is 0.0549. The Balaban J connectivity index is 4.39. The molecule has 0 saturated heterocycles. The number of hydrogen-bond acceptors (Lipinski definition) is 5. The van der Waals surface area contributed by atoms with Gasteiger partial charge in [-0.05, 0) is 57.8 Å². The number of phosphoric acid groups is 1. The van der Waals surface area contributed by atoms with Gasteiger partial charge in [-0.25, -0.2) is 4.57 Å². The van der Waals surface area contributed by atoms with Gasteiger partial charge >= 0.3 is 7.82 Å². The molecular weight excluding hydrogens is 768 g/mol. The number of nitrogens with zero attached hydrogens (tertiary/aromatic N) is 1. The third-order valence-electron chi connectivity index (χ3n) is 11.3. The van der Waals surface area contributed by atoms with E-state index in [0.29, 0.717) is 17.4 Å². The van der Waals surface area contributed by atoms with Gasteiger partial charge in [0, 0.05) is 6.42 Å². The van der Waals surface area contributed by atoms with Gasteiger partial charge in [0.25, 0.3) is 0 Å². The molecule has 354 valence electrons. The molecule has 0 aromatic heterocycles. The highest BCUT2D eigenvalue weighted by Gasteiger charge is 2.27. The average molecular weight is 868 g/mol. The van der Waals surface area contributed by atoms with E-state index in [2.05, 4.69) is 43.5 Å². The van der Waals surface area contributed by atoms with Crippen LogP contribution in [0.2, 0.25) is 0 Å². The number of likely N-dealkylation sites (N-methyl/N-ethyl adjacent to an activating group) is 1. The zero-order valence-electron chi connectivity index (χ0n) is 40.2. The molecule has 1 amide bonds. The molecule has 0 radical (unpaired) electrons. The van der Waals surface area contributed by atoms with E-state index in [9.17, 15) is 19.4 Å². The Morgan fingerprint density at radius 2 is 0.917 bits per heavy atom. The molecule has 0 aromatic carbocycles. The first-order valence-electron chi connectivity index (χ1n) is 25.4. The van der Waals surface area contributed by atoms with Crippen LogP contribution < -0.4 is 5.32 Å². The third kappa shape index (κ3) is 44.8. The highest BCUT2D eigenvalue weighted by molar-refractivity contribution is 7.47. The summed E-state index contributed by atoms with van der Waals surface area (Å²) in [6.07, 6.45) is 53.7. The van der Waals surface area contributed by atoms with Crippen LogP contribution >= 0.6 is 7.82 Å². The van der Waals surface area contributed by atoms with E-state index in [1.807, 2.05) is 27.2 Å². The van der Waals surface area contributed by atoms with Crippen molar-refractivity contribution in [3.63, 3.8) is 0 Å². The summed E-state index contributed by atoms with van der Waals surface area (Å²) in [5, 5.41) is 13.9. The quantitative estimate of drug-likeness (QED) is 0.0244. The van der Waals surface area contributed by atoms with E-state index in [1.165, 1.54) is 161 Å². The van der Waals surface area contributed by atoms with Crippen molar-refractivity contribution in [2.45, 2.75) is 244 Å². The molecule has 0 spiro atoms. The maximum Gasteiger partial charge on any atom is 0.472 e. The lowest BCUT2D eigenvalue weighted by Gasteiger charge is -2.25. The molecule has 0 rings (SSSR count). The maximum absolute atomic E-state index is 12.9. The smallest absolute Gasteiger partial charge is 0.387 e. The molecule has 0 aliphatic carbocycles. The van der Waals surface area contributed by atoms with Crippen molar-refractivity contribution in [2.24, 2.45) is 0 Å². The van der Waals surface area contributed by atoms with Crippen molar-refractivity contribution in [2.75, 3.05) is 40.9 Å². The standard InChI is InChI=1S/C51H99N2O6P/c1-6-8-10-12-14-16-18-20-22-24-26-27-28-30-32-34-36-38-40-42-44-50(54)49(48-59-60(56,57)58-47-46-53(3,4)5)52-51(55)45-43-41-39-37-35-33-31-29-25-23-21-19-17-15-13-11-9-7-2/h29,31,34,36,42,44,49-50,54H,6-28,30,32-33,35,37-41,43,45-48H2,1-5H3,(H-,52,55,56,57)/p+1/b31-29-,36-34+,44-42+. The predicted octanol–water partition coefficient (Wildman–Crippen LogP) is 14.6. The van der Waals surface area contributed by atoms with Gasteiger partial charge in [-0.3, -0.25) is 13.8 Å². The summed E-state index contributed by atoms with van der Waals surface area (Å²) in [6, 6.07) is -0.866. The first-order chi connectivity index (χ1) is 29.0. The Morgan fingerprint density at radius 3 is 1.33 bits per heavy atom. The Kier molecular flexibility index (Phi) is 42.1. The summed E-state index contributed by atoms with van der Waals surface area (Å²) >= 11 is 0. The van der Waals surface area contributed by atoms with Gasteiger partial charge in [0.15, 0.2) is 0 Å². The lowest BCUT2D eigenvalue weighted by Crippen LogP contribution is -2.45. The number of aliphatic hydroxyl groups excluding tert-OH is 1. The van der Waals surface area contributed by atoms with Gasteiger partial charge in [-0.15, -0.1) is 0 Å². The highest BCUT2D eigenvalue weighted by atomic mass is 31.2. The number of aliphatic hydroxyl groups is 1. The van der Waals surface area contributed by atoms with Gasteiger partial charge in [0.05, 0.1) is 39.9 Å². The molecule has 8 nitrogen and oxygen atoms in total. The van der Waals surface area contributed by atoms with Crippen molar-refractivity contribution in [3.05, 3.63) is 36.5 Å². The highest BCUT2D eigenvalue weighted by Crippen LogP contribution is 2.43. The van der Waals surface area contributed by atoms with Crippen LogP contribution in [0.5, 0.6) is 0 Å². The maximum atomic E-state index is 12.9. The minimum atomic E-state index is -4.35. The lowest BCUT2D eigenvalue weighted by atomic mass is 10.0. The molecule has 60 heavy (non-hydrogen) atoms. The van der Waals surface area contributed by atoms with E-state index in [1.54, 1.807) is 6.08 Å². The molecule has 0 aliphatic rings. The predicted molar refractivity (Wildman–Crippen MR) is 258 cm³/mol. The van der Waals surface area contributed by atoms with Gasteiger partial charge in [-0.1, -0.05) is 204 Å². The van der Waals surface area contributed by atoms with Crippen LogP contribution in [0.15, 0.2) is 36.5 Å². The molecule has 9 heteroatoms. The summed E-state index contributed by atoms with van der Waals surface area (Å²) in [7, 11) is 1.55. The Labute approximate surface area is 372 Å². The SMILES string of the molecule is CCCCCCCCCCC/C=C\CCCCCCCC(=O)NC(COP(=O)(O)OCC[N+](C)(C)C)C(O)/C=C/CC/C=C/CCCCCCCCCCCCCCCC. The van der Waals surface area contributed by atoms with Gasteiger partial charge in [0.1, 0.15) is 13.2 Å². The molecule has 0 aliphatic heterocycles. The van der Waals surface area contributed by atoms with Crippen LogP contribution in [-0.4, -0.2) is 73.4 Å². The topological polar surface area (TPSA) is 105 Å². The molecule has 0 heterocycles. The third-order valence-corrected chi connectivity index (χ3v) is 12.3. The summed E-state index contributed by atoms with van der Waals surface area (Å²) in [5.41, 5.74) is 0. The monoisotopic (exact) mass is 868 g/mol. The Bertz CT molecular complexity index is 1070. The number of phosphoric ester groups is 1. The molecule has 0 saturated carbocycles. The number of carbonyl (C=O) groups is 1. The van der Waals surface area contributed by atoms with Crippen molar-refractivity contribution >= 4 is 13.7 Å². The number of amides is 1. The average Bonchev–Trinajstić information content (AvgIpc) is 3.20. The molecule has 0 bridgehead atoms. The molecule has 0 aromatic rings. The molecule has 3 unspecified atom stereocenters. The fourth-order valence-electron chi connectivity index (χ4n) is 7.29. The Morgan fingerprint density at radius 1 is 0.550 bits per heavy atom. The first-order valence-corrected chi connectivity index (χ1v) is 26.9. The lowest BCUT2D eigenvalue weighted by molar-refractivity contribution is -0.870. The molecule has 3 atom stereocenters. The second kappa shape index (κ2) is 43.0. The van der Waals surface area contributed by atoms with Crippen LogP contribution in [0.3, 0.4) is 0 Å². The number of hydrogen-bond donors (Lipinski definition) is 3. The van der Waals surface area contributed by atoms with Crippen LogP contribution in [0.4, 0.5) is 0 Å². The van der Waals surface area contributed by atoms with Crippen LogP contribution in [0, 0.1) is 0 Å². The zero-order chi connectivity index (χ0) is 44.3. The second-order valence-corrected chi connectivity index (χ2v) is 20.0. The molecular formula is C51H100N2O6P+. The van der Waals surface area contributed by atoms with Crippen LogP contribution in [0.25, 0.3) is 0 Å². The first kappa shape index (κ1) is 58.7. The van der Waals surface area contributed by atoms with Crippen molar-refractivity contribution in [1.29, 1.82) is 0 Å². The van der Waals surface area contributed by atoms with Gasteiger partial charge < -0.3 is 19.8 Å². The van der Waals surface area contributed by atoms with Crippen molar-refractivity contribution in [1.82, 2.24) is 5.32 Å². The second-order valence-electron chi connectivity index (χ2n) is 18.5. The number of rotatable bonds is 46. The van der Waals surface area contributed by atoms with Crippen molar-refractivity contribution < 1.29 is 32.9 Å². The fourth-order valence-corrected chi connectivity index (χ4v) is 8.02. The van der Waals surface area contributed by atoms with Gasteiger partial charge in [-0.2, -0.15) is 0 Å². The van der Waals surface area contributed by atoms with E-state index in [-0.39, 0.29) is 19.1 Å². The van der Waals surface area contributed by atoms with E-state index >= 15 is 0 Å². The number of carbonyl (C=O) groups excluding carboxylic acids is 1. The normalized spacial score (nSPS) is 14.4. The van der Waals surface area contributed by atoms with Crippen LogP contribution in [-0.2, 0) is 18.4 Å². The summed E-state index contributed by atoms with van der Waals surface area (Å²) < 4.78 is 23.6. The van der Waals surface area contributed by atoms with Gasteiger partial charge in [0.2, 0.25) is 5.91 Å². The number of nitrogens with one attached hydrogen (secondary N) is 1. The van der Waals surface area contributed by atoms with E-state index in [0.717, 1.165) is 51.4 Å².